The van der Waals surface area contributed by atoms with Crippen molar-refractivity contribution in [2.75, 3.05) is 171 Å². The molecule has 0 bridgehead atoms. The van der Waals surface area contributed by atoms with E-state index < -0.39 is 16.0 Å². The van der Waals surface area contributed by atoms with Crippen LogP contribution in [0.4, 0.5) is 0 Å². The topological polar surface area (TPSA) is 186 Å². The van der Waals surface area contributed by atoms with Crippen LogP contribution in [0.25, 0.3) is 0 Å². The van der Waals surface area contributed by atoms with Crippen LogP contribution in [0.2, 0.25) is 0 Å². The van der Waals surface area contributed by atoms with Gasteiger partial charge in [-0.3, -0.25) is 53.5 Å². The lowest BCUT2D eigenvalue weighted by atomic mass is 9.91. The van der Waals surface area contributed by atoms with Crippen molar-refractivity contribution < 1.29 is 37.4 Å². The van der Waals surface area contributed by atoms with Crippen LogP contribution >= 0.6 is 0 Å². The fourth-order valence-electron chi connectivity index (χ4n) is 20.5. The summed E-state index contributed by atoms with van der Waals surface area (Å²) in [6, 6.07) is 61.3. The molecule has 10 aliphatic rings. The Bertz CT molecular complexity index is 4000. The summed E-state index contributed by atoms with van der Waals surface area (Å²) in [6.07, 6.45) is 18.4. The van der Waals surface area contributed by atoms with Gasteiger partial charge in [0.25, 0.3) is 0 Å². The average molecular weight is 1900 g/mol. The third-order valence-corrected chi connectivity index (χ3v) is 30.7. The normalized spacial score (nSPS) is 22.5. The highest BCUT2D eigenvalue weighted by atomic mass is 32.2. The van der Waals surface area contributed by atoms with Gasteiger partial charge in [-0.25, -0.2) is 8.42 Å². The van der Waals surface area contributed by atoms with Crippen molar-refractivity contribution in [2.24, 2.45) is 17.8 Å². The summed E-state index contributed by atoms with van der Waals surface area (Å²) < 4.78 is 30.7. The first-order valence-electron chi connectivity index (χ1n) is 53.1. The molecule has 5 atom stereocenters. The number of piperidine rings is 5. The second-order valence-corrected chi connectivity index (χ2v) is 44.4. The van der Waals surface area contributed by atoms with Crippen molar-refractivity contribution in [2.45, 2.75) is 325 Å². The minimum Gasteiger partial charge on any atom is -0.481 e. The zero-order chi connectivity index (χ0) is 99.6. The maximum Gasteiger partial charge on any atom is 0.306 e. The fourth-order valence-corrected chi connectivity index (χ4v) is 21.3. The minimum atomic E-state index is -3.11. The first kappa shape index (κ1) is 117. The van der Waals surface area contributed by atoms with Crippen LogP contribution in [0.5, 0.6) is 0 Å². The molecule has 9 heterocycles. The molecule has 0 unspecified atom stereocenters. The van der Waals surface area contributed by atoms with E-state index in [4.69, 9.17) is 9.84 Å². The lowest BCUT2D eigenvalue weighted by Crippen LogP contribution is -2.52. The van der Waals surface area contributed by atoms with Crippen LogP contribution < -0.4 is 5.32 Å². The summed E-state index contributed by atoms with van der Waals surface area (Å²) in [5.74, 6) is 0.864. The highest BCUT2D eigenvalue weighted by Gasteiger charge is 2.37. The summed E-state index contributed by atoms with van der Waals surface area (Å²) in [4.78, 5) is 74.6. The first-order valence-corrected chi connectivity index (χ1v) is 54.9. The van der Waals surface area contributed by atoms with Crippen LogP contribution in [-0.4, -0.2) is 332 Å². The quantitative estimate of drug-likeness (QED) is 0.0628. The first-order chi connectivity index (χ1) is 64.9. The fraction of sp³-hybridized carbons (Fsp3) is 0.699. The van der Waals surface area contributed by atoms with E-state index in [1.54, 1.807) is 11.2 Å². The Balaban J connectivity index is 0.000000209. The third-order valence-electron chi connectivity index (χ3n) is 29.4. The summed E-state index contributed by atoms with van der Waals surface area (Å²) in [6.45, 7) is 67.3. The smallest absolute Gasteiger partial charge is 0.306 e. The largest absolute Gasteiger partial charge is 0.481 e. The van der Waals surface area contributed by atoms with E-state index in [0.29, 0.717) is 122 Å². The summed E-state index contributed by atoms with van der Waals surface area (Å²) in [5, 5.41) is 11.9. The SMILES string of the molecule is CC(=O)N1CCN(C(C)C)[C@@H](c2ccccc2)C1.CC(C)N1CCC(C(=O)NC2CC2)CC1.CC(C)N1CCC(C(=O)O)CC1.CC(C)N1CCCC[C@@H]1c1ccccc1.CC(C)N1CCCC[C@@H]1c1ccccc1.CC(C)N1CCN(CCN(C)C)CC1.CC(C)N1CCN(S(C)(=O)=O)C[C@@H]1c1ccccc1.CC(C)N1CCOC[C@@H]1c1ccccc1.CCC(=O)C1CCN(C(C)C)CC1. The number of carboxylic acids is 1. The monoisotopic (exact) mass is 1900 g/mol. The highest BCUT2D eigenvalue weighted by molar-refractivity contribution is 7.88. The molecule has 10 fully saturated rings. The molecule has 1 saturated carbocycles. The lowest BCUT2D eigenvalue weighted by molar-refractivity contribution is -0.143. The molecular weight excluding hydrogens is 1710 g/mol. The van der Waals surface area contributed by atoms with Crippen LogP contribution in [0.3, 0.4) is 0 Å². The predicted octanol–water partition coefficient (Wildman–Crippen LogP) is 19.0. The number of morpholine rings is 1. The molecule has 9 saturated heterocycles. The summed E-state index contributed by atoms with van der Waals surface area (Å²) >= 11 is 0. The van der Waals surface area contributed by atoms with Gasteiger partial charge in [-0.1, -0.05) is 171 Å². The number of ether oxygens (including phenoxy) is 1. The predicted molar refractivity (Wildman–Crippen MR) is 566 cm³/mol. The highest BCUT2D eigenvalue weighted by Crippen LogP contribution is 2.36. The number of nitrogens with one attached hydrogen (secondary N) is 1. The number of amides is 2. The Hall–Kier alpha value is -6.39. The number of carboxylic acid groups (broad SMARTS) is 1. The van der Waals surface area contributed by atoms with Gasteiger partial charge in [-0.05, 0) is 296 Å². The molecule has 5 aromatic rings. The van der Waals surface area contributed by atoms with Gasteiger partial charge in [-0.15, -0.1) is 0 Å². The van der Waals surface area contributed by atoms with Crippen LogP contribution in [0.15, 0.2) is 152 Å². The van der Waals surface area contributed by atoms with Gasteiger partial charge < -0.3 is 39.7 Å². The number of hydrogen-bond acceptors (Lipinski definition) is 18. The van der Waals surface area contributed by atoms with E-state index in [-0.39, 0.29) is 23.8 Å². The molecule has 0 spiro atoms. The minimum absolute atomic E-state index is 0.0972. The van der Waals surface area contributed by atoms with Crippen LogP contribution in [-0.2, 0) is 33.9 Å². The number of carbonyl (C=O) groups is 4. The Morgan fingerprint density at radius 3 is 1.07 bits per heavy atom. The van der Waals surface area contributed by atoms with Crippen molar-refractivity contribution in [1.29, 1.82) is 0 Å². The molecule has 0 aromatic heterocycles. The van der Waals surface area contributed by atoms with Gasteiger partial charge in [0.15, 0.2) is 0 Å². The van der Waals surface area contributed by atoms with Gasteiger partial charge >= 0.3 is 5.97 Å². The average Bonchev–Trinajstić information content (AvgIpc) is 0.991. The number of Topliss-reactive ketones (excluding diaryl/α,β-unsaturated/α-hetero) is 1. The maximum atomic E-state index is 11.8. The van der Waals surface area contributed by atoms with E-state index in [1.165, 1.54) is 138 Å². The number of likely N-dealkylation sites (tertiary alicyclic amines) is 5. The van der Waals surface area contributed by atoms with Gasteiger partial charge in [0.05, 0.1) is 37.5 Å². The van der Waals surface area contributed by atoms with Gasteiger partial charge in [0.1, 0.15) is 5.78 Å². The molecule has 5 aromatic carbocycles. The molecule has 0 radical (unpaired) electrons. The van der Waals surface area contributed by atoms with Crippen molar-refractivity contribution in [3.63, 3.8) is 0 Å². The number of likely N-dealkylation sites (N-methyl/N-ethyl adjacent to an activating group) is 1. The zero-order valence-electron chi connectivity index (χ0n) is 89.2. The van der Waals surface area contributed by atoms with Crippen molar-refractivity contribution in [1.82, 2.24) is 68.4 Å². The number of aliphatic carboxylic acids is 1. The molecule has 15 rings (SSSR count). The molecule has 22 nitrogen and oxygen atoms in total. The second kappa shape index (κ2) is 61.5. The number of benzene rings is 5. The van der Waals surface area contributed by atoms with E-state index in [2.05, 4.69) is 325 Å². The van der Waals surface area contributed by atoms with Gasteiger partial charge in [0, 0.05) is 189 Å². The summed E-state index contributed by atoms with van der Waals surface area (Å²) in [7, 11) is 1.18. The Morgan fingerprint density at radius 1 is 0.382 bits per heavy atom. The second-order valence-electron chi connectivity index (χ2n) is 42.4. The standard InChI is InChI=1S/C15H22N2O.C14H22N2O2S.2C14H21N.C13H19NO.C12H22N2O.C11H25N3.C11H21NO.C9H17NO2/c1-12(2)17-10-9-16(13(3)18)11-15(17)14-7-5-4-6-8-14;1-12(2)16-10-9-15(19(3,17)18)11-14(16)13-7-5-4-6-8-13;2*1-12(2)15-11-7-6-10-14(15)13-8-4-3-5-9-13;1-11(2)14-8-9-15-10-13(14)12-6-4-3-5-7-12;1-9(2)14-7-5-10(6-8-14)12(15)13-11-3-4-11;1-11(2)14-9-7-13(8-10-14)6-5-12(3)4;1-4-11(13)10-5-7-12(8-6-10)9(2)3;1-7(2)10-5-3-8(4-6-10)9(11)12/h4-8,12,15H,9-11H2,1-3H3;4-8,12,14H,9-11H2,1-3H3;2*3-5,8-9,12,14H,6-7,10-11H2,1-2H3;3-7,11,13H,8-10H2,1-2H3;9-11H,3-8H2,1-2H3,(H,13,15);11H,5-10H2,1-4H3;9-10H,4-8H2,1-3H3;7-8H,3-6H2,1-2H3,(H,11,12)/t15-;3*14-;13-;;;;/m11111..../s1. The van der Waals surface area contributed by atoms with Crippen LogP contribution in [0.1, 0.15) is 293 Å². The Labute approximate surface area is 828 Å². The van der Waals surface area contributed by atoms with E-state index in [9.17, 15) is 27.6 Å². The third kappa shape index (κ3) is 40.5. The van der Waals surface area contributed by atoms with E-state index >= 15 is 0 Å². The Morgan fingerprint density at radius 2 is 0.721 bits per heavy atom. The molecule has 2 amide bonds. The van der Waals surface area contributed by atoms with Gasteiger partial charge in [-0.2, -0.15) is 4.31 Å². The zero-order valence-corrected chi connectivity index (χ0v) is 90.0. The lowest BCUT2D eigenvalue weighted by Gasteiger charge is -2.43. The number of piperazine rings is 3. The maximum absolute atomic E-state index is 11.8. The number of carbonyl (C=O) groups excluding carboxylic acids is 3. The number of rotatable bonds is 23. The van der Waals surface area contributed by atoms with Crippen molar-refractivity contribution >= 4 is 33.6 Å². The molecule has 9 aliphatic heterocycles. The number of ketones is 1. The molecule has 766 valence electrons. The molecule has 2 N–H and O–H groups in total. The number of sulfonamides is 1. The number of nitrogens with zero attached hydrogens (tertiary/aromatic N) is 13. The van der Waals surface area contributed by atoms with Gasteiger partial charge in [0.2, 0.25) is 21.8 Å². The van der Waals surface area contributed by atoms with E-state index in [0.717, 1.165) is 124 Å². The van der Waals surface area contributed by atoms with Crippen molar-refractivity contribution in [3.05, 3.63) is 179 Å². The number of hydrogen-bond donors (Lipinski definition) is 2. The summed E-state index contributed by atoms with van der Waals surface area (Å²) in [5.41, 5.74) is 6.84. The molecule has 1 aliphatic carbocycles. The Kier molecular flexibility index (Phi) is 52.7. The van der Waals surface area contributed by atoms with E-state index in [1.807, 2.05) is 36.1 Å². The molecular formula is C113H190N14O8S. The molecule has 23 heteroatoms. The van der Waals surface area contributed by atoms with Crippen molar-refractivity contribution in [3.8, 4) is 0 Å². The van der Waals surface area contributed by atoms with Crippen LogP contribution in [0, 0.1) is 17.8 Å². The molecule has 136 heavy (non-hydrogen) atoms.